The molecule has 2 aliphatic rings. The number of hydrogen-bond donors (Lipinski definition) is 2. The van der Waals surface area contributed by atoms with Crippen LogP contribution >= 0.6 is 0 Å². The molecule has 0 bridgehead atoms. The van der Waals surface area contributed by atoms with Crippen LogP contribution in [0.3, 0.4) is 0 Å². The quantitative estimate of drug-likeness (QED) is 0.361. The maximum absolute atomic E-state index is 12.4. The molecule has 1 aliphatic heterocycles. The Bertz CT molecular complexity index is 1430. The molecule has 1 fully saturated rings. The van der Waals surface area contributed by atoms with Gasteiger partial charge in [-0.25, -0.2) is 9.78 Å². The number of pyridine rings is 1. The summed E-state index contributed by atoms with van der Waals surface area (Å²) in [7, 11) is 0. The van der Waals surface area contributed by atoms with Crippen molar-refractivity contribution < 1.29 is 9.53 Å². The van der Waals surface area contributed by atoms with Crippen LogP contribution < -0.4 is 10.6 Å². The molecule has 3 heterocycles. The number of rotatable bonds is 3. The van der Waals surface area contributed by atoms with Gasteiger partial charge in [0, 0.05) is 17.3 Å². The minimum absolute atomic E-state index is 0.373. The molecule has 0 radical (unpaired) electrons. The first-order valence-corrected chi connectivity index (χ1v) is 11.7. The SMILES string of the molecule is CC(C)(C)OC(=O)NC1(c2ccc(-c3nnc4n3-c3cccnc3Nc3ccccc3-4)cc2)CC1. The van der Waals surface area contributed by atoms with Crippen molar-refractivity contribution in [2.24, 2.45) is 0 Å². The number of hydrogen-bond acceptors (Lipinski definition) is 6. The molecule has 1 saturated carbocycles. The molecule has 0 spiro atoms. The van der Waals surface area contributed by atoms with Crippen LogP contribution in [0.1, 0.15) is 39.2 Å². The fourth-order valence-corrected chi connectivity index (χ4v) is 4.51. The maximum atomic E-state index is 12.4. The number of amides is 1. The van der Waals surface area contributed by atoms with Crippen LogP contribution in [0, 0.1) is 0 Å². The number of ether oxygens (including phenoxy) is 1. The number of alkyl carbamates (subject to hydrolysis) is 1. The van der Waals surface area contributed by atoms with Gasteiger partial charge in [-0.05, 0) is 63.4 Å². The van der Waals surface area contributed by atoms with Crippen LogP contribution in [0.5, 0.6) is 0 Å². The predicted octanol–water partition coefficient (Wildman–Crippen LogP) is 5.57. The molecule has 4 aromatic rings. The summed E-state index contributed by atoms with van der Waals surface area (Å²) in [5.74, 6) is 2.23. The molecule has 2 aromatic heterocycles. The van der Waals surface area contributed by atoms with E-state index in [-0.39, 0.29) is 5.54 Å². The molecule has 1 aliphatic carbocycles. The summed E-state index contributed by atoms with van der Waals surface area (Å²) >= 11 is 0. The van der Waals surface area contributed by atoms with Crippen molar-refractivity contribution in [2.75, 3.05) is 5.32 Å². The largest absolute Gasteiger partial charge is 0.444 e. The molecule has 2 aromatic carbocycles. The lowest BCUT2D eigenvalue weighted by atomic mass is 10.0. The van der Waals surface area contributed by atoms with Crippen molar-refractivity contribution in [3.05, 3.63) is 72.4 Å². The zero-order valence-corrected chi connectivity index (χ0v) is 19.9. The fourth-order valence-electron chi connectivity index (χ4n) is 4.51. The van der Waals surface area contributed by atoms with Gasteiger partial charge in [0.1, 0.15) is 5.60 Å². The molecule has 0 unspecified atom stereocenters. The van der Waals surface area contributed by atoms with Crippen molar-refractivity contribution >= 4 is 17.6 Å². The monoisotopic (exact) mass is 466 g/mol. The van der Waals surface area contributed by atoms with Crippen molar-refractivity contribution in [2.45, 2.75) is 44.8 Å². The summed E-state index contributed by atoms with van der Waals surface area (Å²) in [4.78, 5) is 16.9. The summed E-state index contributed by atoms with van der Waals surface area (Å²) in [5, 5.41) is 15.6. The van der Waals surface area contributed by atoms with E-state index in [0.29, 0.717) is 0 Å². The Morgan fingerprint density at radius 1 is 1.00 bits per heavy atom. The molecular formula is C27H26N6O2. The second kappa shape index (κ2) is 7.66. The summed E-state index contributed by atoms with van der Waals surface area (Å²) in [6.07, 6.45) is 3.14. The van der Waals surface area contributed by atoms with Crippen LogP contribution in [0.25, 0.3) is 28.5 Å². The molecule has 35 heavy (non-hydrogen) atoms. The van der Waals surface area contributed by atoms with Gasteiger partial charge < -0.3 is 15.4 Å². The second-order valence-electron chi connectivity index (χ2n) is 10.0. The molecule has 0 saturated heterocycles. The molecule has 8 nitrogen and oxygen atoms in total. The Kier molecular flexibility index (Phi) is 4.67. The third kappa shape index (κ3) is 3.80. The van der Waals surface area contributed by atoms with Crippen LogP contribution in [0.15, 0.2) is 66.9 Å². The number of aromatic nitrogens is 4. The zero-order chi connectivity index (χ0) is 24.2. The van der Waals surface area contributed by atoms with Gasteiger partial charge in [-0.15, -0.1) is 10.2 Å². The average Bonchev–Trinajstić information content (AvgIpc) is 3.50. The molecule has 176 valence electrons. The zero-order valence-electron chi connectivity index (χ0n) is 19.9. The number of para-hydroxylation sites is 1. The highest BCUT2D eigenvalue weighted by Crippen LogP contribution is 2.46. The first kappa shape index (κ1) is 21.3. The van der Waals surface area contributed by atoms with Crippen molar-refractivity contribution in [3.8, 4) is 28.5 Å². The molecular weight excluding hydrogens is 440 g/mol. The number of carbonyl (C=O) groups is 1. The summed E-state index contributed by atoms with van der Waals surface area (Å²) in [6, 6.07) is 20.1. The van der Waals surface area contributed by atoms with Gasteiger partial charge in [-0.2, -0.15) is 0 Å². The predicted molar refractivity (Wildman–Crippen MR) is 134 cm³/mol. The van der Waals surface area contributed by atoms with Gasteiger partial charge in [-0.1, -0.05) is 36.4 Å². The van der Waals surface area contributed by atoms with E-state index >= 15 is 0 Å². The fraction of sp³-hybridized carbons (Fsp3) is 0.259. The van der Waals surface area contributed by atoms with Crippen LogP contribution in [-0.2, 0) is 10.3 Å². The summed E-state index contributed by atoms with van der Waals surface area (Å²) in [5.41, 5.74) is 3.85. The Morgan fingerprint density at radius 2 is 1.74 bits per heavy atom. The van der Waals surface area contributed by atoms with E-state index in [1.807, 2.05) is 86.0 Å². The highest BCUT2D eigenvalue weighted by molar-refractivity contribution is 5.84. The number of fused-ring (bicyclic) bond motifs is 5. The third-order valence-electron chi connectivity index (χ3n) is 6.30. The van der Waals surface area contributed by atoms with E-state index in [2.05, 4.69) is 25.8 Å². The first-order chi connectivity index (χ1) is 16.8. The van der Waals surface area contributed by atoms with Gasteiger partial charge >= 0.3 is 6.09 Å². The molecule has 2 N–H and O–H groups in total. The number of carbonyl (C=O) groups excluding carboxylic acids is 1. The number of anilines is 2. The topological polar surface area (TPSA) is 94.0 Å². The average molecular weight is 467 g/mol. The van der Waals surface area contributed by atoms with E-state index < -0.39 is 11.7 Å². The van der Waals surface area contributed by atoms with E-state index in [9.17, 15) is 4.79 Å². The van der Waals surface area contributed by atoms with Gasteiger partial charge in [0.2, 0.25) is 0 Å². The van der Waals surface area contributed by atoms with Crippen molar-refractivity contribution in [1.82, 2.24) is 25.1 Å². The number of nitrogens with one attached hydrogen (secondary N) is 2. The lowest BCUT2D eigenvalue weighted by Crippen LogP contribution is -2.39. The summed E-state index contributed by atoms with van der Waals surface area (Å²) in [6.45, 7) is 5.60. The van der Waals surface area contributed by atoms with E-state index in [1.165, 1.54) is 0 Å². The van der Waals surface area contributed by atoms with Crippen LogP contribution in [-0.4, -0.2) is 31.4 Å². The molecule has 6 rings (SSSR count). The Balaban J connectivity index is 1.37. The van der Waals surface area contributed by atoms with Gasteiger partial charge in [0.15, 0.2) is 17.5 Å². The first-order valence-electron chi connectivity index (χ1n) is 11.7. The Hall–Kier alpha value is -4.20. The standard InChI is InChI=1S/C27H26N6O2/c1-26(2,3)35-25(34)30-27(14-15-27)18-12-10-17(11-13-18)23-31-32-24-19-7-4-5-8-20(19)29-22-21(33(23)24)9-6-16-28-22/h4-13,16H,14-15H2,1-3H3,(H,28,29)(H,30,34). The van der Waals surface area contributed by atoms with E-state index in [4.69, 9.17) is 4.74 Å². The lowest BCUT2D eigenvalue weighted by Gasteiger charge is -2.23. The van der Waals surface area contributed by atoms with Crippen molar-refractivity contribution in [3.63, 3.8) is 0 Å². The smallest absolute Gasteiger partial charge is 0.408 e. The minimum Gasteiger partial charge on any atom is -0.444 e. The summed E-state index contributed by atoms with van der Waals surface area (Å²) < 4.78 is 7.51. The van der Waals surface area contributed by atoms with Gasteiger partial charge in [0.05, 0.1) is 16.9 Å². The Labute approximate surface area is 203 Å². The minimum atomic E-state index is -0.534. The van der Waals surface area contributed by atoms with Crippen molar-refractivity contribution in [1.29, 1.82) is 0 Å². The highest BCUT2D eigenvalue weighted by atomic mass is 16.6. The highest BCUT2D eigenvalue weighted by Gasteiger charge is 2.46. The molecule has 0 atom stereocenters. The number of benzene rings is 2. The molecule has 1 amide bonds. The maximum Gasteiger partial charge on any atom is 0.408 e. The molecule has 8 heteroatoms. The van der Waals surface area contributed by atoms with Crippen LogP contribution in [0.2, 0.25) is 0 Å². The second-order valence-corrected chi connectivity index (χ2v) is 10.0. The Morgan fingerprint density at radius 3 is 2.49 bits per heavy atom. The number of nitrogens with zero attached hydrogens (tertiary/aromatic N) is 4. The third-order valence-corrected chi connectivity index (χ3v) is 6.30. The van der Waals surface area contributed by atoms with E-state index in [0.717, 1.165) is 58.4 Å². The van der Waals surface area contributed by atoms with Gasteiger partial charge in [-0.3, -0.25) is 4.57 Å². The normalized spacial score (nSPS) is 15.1. The van der Waals surface area contributed by atoms with Gasteiger partial charge in [0.25, 0.3) is 0 Å². The lowest BCUT2D eigenvalue weighted by molar-refractivity contribution is 0.0495. The van der Waals surface area contributed by atoms with Crippen LogP contribution in [0.4, 0.5) is 16.3 Å². The van der Waals surface area contributed by atoms with E-state index in [1.54, 1.807) is 6.20 Å².